The summed E-state index contributed by atoms with van der Waals surface area (Å²) in [6.07, 6.45) is 2.59. The molecule has 7 nitrogen and oxygen atoms in total. The number of nitrogens with zero attached hydrogens (tertiary/aromatic N) is 3. The Balaban J connectivity index is 1.85. The molecule has 0 bridgehead atoms. The SMILES string of the molecule is CCOC(=O)C1CCN(S(=O)(=O)c2cn(Cc3ccccc3)nc2C(C)(C)C)CC1. The number of hydrogen-bond acceptors (Lipinski definition) is 5. The summed E-state index contributed by atoms with van der Waals surface area (Å²) >= 11 is 0. The van der Waals surface area contributed by atoms with Gasteiger partial charge in [0.25, 0.3) is 0 Å². The van der Waals surface area contributed by atoms with Crippen molar-refractivity contribution in [3.63, 3.8) is 0 Å². The van der Waals surface area contributed by atoms with Crippen LogP contribution in [0.15, 0.2) is 41.4 Å². The van der Waals surface area contributed by atoms with Gasteiger partial charge in [0, 0.05) is 24.7 Å². The number of piperidine rings is 1. The first kappa shape index (κ1) is 22.5. The molecule has 0 atom stereocenters. The minimum atomic E-state index is -3.71. The zero-order chi connectivity index (χ0) is 21.9. The number of rotatable bonds is 6. The summed E-state index contributed by atoms with van der Waals surface area (Å²) in [4.78, 5) is 12.2. The second-order valence-corrected chi connectivity index (χ2v) is 10.6. The molecule has 0 spiro atoms. The van der Waals surface area contributed by atoms with Gasteiger partial charge in [0.15, 0.2) is 0 Å². The number of carbonyl (C=O) groups is 1. The molecule has 0 amide bonds. The lowest BCUT2D eigenvalue weighted by Gasteiger charge is -2.30. The molecule has 8 heteroatoms. The third-order valence-corrected chi connectivity index (χ3v) is 7.22. The second kappa shape index (κ2) is 8.89. The van der Waals surface area contributed by atoms with E-state index in [1.165, 1.54) is 4.31 Å². The van der Waals surface area contributed by atoms with Crippen LogP contribution >= 0.6 is 0 Å². The Morgan fingerprint density at radius 2 is 1.80 bits per heavy atom. The molecule has 0 radical (unpaired) electrons. The fourth-order valence-corrected chi connectivity index (χ4v) is 5.51. The summed E-state index contributed by atoms with van der Waals surface area (Å²) in [5, 5.41) is 4.64. The number of hydrogen-bond donors (Lipinski definition) is 0. The van der Waals surface area contributed by atoms with Gasteiger partial charge in [-0.3, -0.25) is 9.48 Å². The topological polar surface area (TPSA) is 81.5 Å². The maximum absolute atomic E-state index is 13.5. The molecule has 3 rings (SSSR count). The van der Waals surface area contributed by atoms with Gasteiger partial charge < -0.3 is 4.74 Å². The molecule has 2 aromatic rings. The van der Waals surface area contributed by atoms with Crippen LogP contribution in [-0.2, 0) is 31.5 Å². The molecule has 1 aliphatic heterocycles. The number of sulfonamides is 1. The molecule has 1 aliphatic rings. The predicted octanol–water partition coefficient (Wildman–Crippen LogP) is 3.19. The first-order chi connectivity index (χ1) is 14.1. The van der Waals surface area contributed by atoms with Crippen molar-refractivity contribution in [3.05, 3.63) is 47.8 Å². The van der Waals surface area contributed by atoms with Crippen LogP contribution in [0.5, 0.6) is 0 Å². The molecule has 1 fully saturated rings. The third kappa shape index (κ3) is 4.92. The first-order valence-electron chi connectivity index (χ1n) is 10.4. The van der Waals surface area contributed by atoms with Crippen LogP contribution in [0.25, 0.3) is 0 Å². The van der Waals surface area contributed by atoms with E-state index in [-0.39, 0.29) is 16.8 Å². The lowest BCUT2D eigenvalue weighted by atomic mass is 9.92. The van der Waals surface area contributed by atoms with Gasteiger partial charge in [0.1, 0.15) is 4.90 Å². The highest BCUT2D eigenvalue weighted by molar-refractivity contribution is 7.89. The Bertz CT molecular complexity index is 970. The van der Waals surface area contributed by atoms with Crippen LogP contribution in [0, 0.1) is 5.92 Å². The standard InChI is InChI=1S/C22H31N3O4S/c1-5-29-21(26)18-11-13-25(14-12-18)30(27,28)19-16-24(23-20(19)22(2,3)4)15-17-9-7-6-8-10-17/h6-10,16,18H,5,11-15H2,1-4H3. The number of esters is 1. The van der Waals surface area contributed by atoms with Crippen molar-refractivity contribution >= 4 is 16.0 Å². The Morgan fingerprint density at radius 3 is 2.37 bits per heavy atom. The predicted molar refractivity (Wildman–Crippen MR) is 115 cm³/mol. The zero-order valence-electron chi connectivity index (χ0n) is 18.2. The number of ether oxygens (including phenoxy) is 1. The van der Waals surface area contributed by atoms with E-state index in [1.807, 2.05) is 51.1 Å². The average Bonchev–Trinajstić information content (AvgIpc) is 3.14. The lowest BCUT2D eigenvalue weighted by molar-refractivity contribution is -0.149. The van der Waals surface area contributed by atoms with Crippen LogP contribution in [0.4, 0.5) is 0 Å². The molecule has 1 aromatic carbocycles. The van der Waals surface area contributed by atoms with Gasteiger partial charge in [-0.05, 0) is 25.3 Å². The molecular weight excluding hydrogens is 402 g/mol. The molecule has 30 heavy (non-hydrogen) atoms. The molecule has 1 aromatic heterocycles. The van der Waals surface area contributed by atoms with Crippen molar-refractivity contribution in [2.24, 2.45) is 5.92 Å². The Kier molecular flexibility index (Phi) is 6.67. The number of aromatic nitrogens is 2. The lowest BCUT2D eigenvalue weighted by Crippen LogP contribution is -2.41. The van der Waals surface area contributed by atoms with Gasteiger partial charge in [-0.25, -0.2) is 8.42 Å². The van der Waals surface area contributed by atoms with Crippen LogP contribution in [0.2, 0.25) is 0 Å². The maximum Gasteiger partial charge on any atom is 0.309 e. The third-order valence-electron chi connectivity index (χ3n) is 5.32. The highest BCUT2D eigenvalue weighted by atomic mass is 32.2. The molecule has 0 aliphatic carbocycles. The molecular formula is C22H31N3O4S. The maximum atomic E-state index is 13.5. The van der Waals surface area contributed by atoms with Crippen LogP contribution < -0.4 is 0 Å². The number of benzene rings is 1. The van der Waals surface area contributed by atoms with E-state index in [2.05, 4.69) is 5.10 Å². The van der Waals surface area contributed by atoms with E-state index in [4.69, 9.17) is 4.74 Å². The summed E-state index contributed by atoms with van der Waals surface area (Å²) in [6.45, 7) is 9.13. The number of carbonyl (C=O) groups excluding carboxylic acids is 1. The van der Waals surface area contributed by atoms with E-state index >= 15 is 0 Å². The first-order valence-corrected chi connectivity index (χ1v) is 11.9. The molecule has 2 heterocycles. The van der Waals surface area contributed by atoms with E-state index in [0.29, 0.717) is 44.8 Å². The summed E-state index contributed by atoms with van der Waals surface area (Å²) < 4.78 is 35.2. The highest BCUT2D eigenvalue weighted by Crippen LogP contribution is 2.32. The molecule has 0 N–H and O–H groups in total. The largest absolute Gasteiger partial charge is 0.466 e. The summed E-state index contributed by atoms with van der Waals surface area (Å²) in [6, 6.07) is 9.84. The highest BCUT2D eigenvalue weighted by Gasteiger charge is 2.37. The van der Waals surface area contributed by atoms with E-state index in [1.54, 1.807) is 17.8 Å². The molecule has 0 saturated carbocycles. The minimum absolute atomic E-state index is 0.236. The zero-order valence-corrected chi connectivity index (χ0v) is 19.0. The molecule has 164 valence electrons. The normalized spacial score (nSPS) is 16.5. The molecule has 1 saturated heterocycles. The van der Waals surface area contributed by atoms with Crippen molar-refractivity contribution in [1.82, 2.24) is 14.1 Å². The second-order valence-electron chi connectivity index (χ2n) is 8.71. The van der Waals surface area contributed by atoms with Gasteiger partial charge in [-0.1, -0.05) is 51.1 Å². The van der Waals surface area contributed by atoms with Crippen LogP contribution in [-0.4, -0.2) is 48.2 Å². The summed E-state index contributed by atoms with van der Waals surface area (Å²) in [7, 11) is -3.71. The van der Waals surface area contributed by atoms with Crippen LogP contribution in [0.1, 0.15) is 51.8 Å². The van der Waals surface area contributed by atoms with Crippen molar-refractivity contribution in [2.45, 2.75) is 57.4 Å². The Hall–Kier alpha value is -2.19. The van der Waals surface area contributed by atoms with Gasteiger partial charge in [-0.2, -0.15) is 9.40 Å². The van der Waals surface area contributed by atoms with E-state index in [0.717, 1.165) is 5.56 Å². The molecule has 0 unspecified atom stereocenters. The van der Waals surface area contributed by atoms with Crippen molar-refractivity contribution < 1.29 is 17.9 Å². The smallest absolute Gasteiger partial charge is 0.309 e. The average molecular weight is 434 g/mol. The van der Waals surface area contributed by atoms with E-state index in [9.17, 15) is 13.2 Å². The van der Waals surface area contributed by atoms with Crippen LogP contribution in [0.3, 0.4) is 0 Å². The van der Waals surface area contributed by atoms with Gasteiger partial charge >= 0.3 is 5.97 Å². The van der Waals surface area contributed by atoms with Crippen molar-refractivity contribution in [1.29, 1.82) is 0 Å². The van der Waals surface area contributed by atoms with Gasteiger partial charge in [-0.15, -0.1) is 0 Å². The van der Waals surface area contributed by atoms with Crippen molar-refractivity contribution in [3.8, 4) is 0 Å². The Morgan fingerprint density at radius 1 is 1.17 bits per heavy atom. The van der Waals surface area contributed by atoms with Crippen molar-refractivity contribution in [2.75, 3.05) is 19.7 Å². The quantitative estimate of drug-likeness (QED) is 0.654. The Labute approximate surface area is 179 Å². The summed E-state index contributed by atoms with van der Waals surface area (Å²) in [5.74, 6) is -0.472. The van der Waals surface area contributed by atoms with E-state index < -0.39 is 15.4 Å². The fraction of sp³-hybridized carbons (Fsp3) is 0.545. The fourth-order valence-electron chi connectivity index (χ4n) is 3.69. The van der Waals surface area contributed by atoms with Gasteiger partial charge in [0.05, 0.1) is 24.8 Å². The minimum Gasteiger partial charge on any atom is -0.466 e. The summed E-state index contributed by atoms with van der Waals surface area (Å²) in [5.41, 5.74) is 1.19. The van der Waals surface area contributed by atoms with Gasteiger partial charge in [0.2, 0.25) is 10.0 Å². The monoisotopic (exact) mass is 433 g/mol.